The normalized spacial score (nSPS) is 15.7. The molecule has 0 saturated carbocycles. The molecule has 4 nitrogen and oxygen atoms in total. The highest BCUT2D eigenvalue weighted by molar-refractivity contribution is 5.78. The average molecular weight is 402 g/mol. The first-order chi connectivity index (χ1) is 14.8. The molecule has 0 bridgehead atoms. The molecule has 1 saturated heterocycles. The maximum atomic E-state index is 12.3. The Kier molecular flexibility index (Phi) is 6.78. The van der Waals surface area contributed by atoms with Crippen LogP contribution in [0.15, 0.2) is 78.9 Å². The van der Waals surface area contributed by atoms with Crippen molar-refractivity contribution < 1.29 is 14.3 Å². The summed E-state index contributed by atoms with van der Waals surface area (Å²) in [5.74, 6) is 0.847. The molecule has 154 valence electrons. The second-order valence-electron chi connectivity index (χ2n) is 7.61. The van der Waals surface area contributed by atoms with E-state index in [9.17, 15) is 4.79 Å². The highest BCUT2D eigenvalue weighted by Crippen LogP contribution is 2.20. The number of nitrogens with one attached hydrogen (secondary N) is 1. The Morgan fingerprint density at radius 1 is 0.900 bits per heavy atom. The van der Waals surface area contributed by atoms with Gasteiger partial charge in [-0.15, -0.1) is 0 Å². The van der Waals surface area contributed by atoms with Gasteiger partial charge in [-0.2, -0.15) is 0 Å². The largest absolute Gasteiger partial charge is 0.491 e. The Morgan fingerprint density at radius 3 is 2.30 bits per heavy atom. The number of rotatable bonds is 8. The van der Waals surface area contributed by atoms with Crippen LogP contribution in [0.5, 0.6) is 5.75 Å². The molecule has 0 aliphatic carbocycles. The molecule has 3 aromatic carbocycles. The molecular weight excluding hydrogens is 374 g/mol. The molecule has 1 heterocycles. The minimum Gasteiger partial charge on any atom is -0.491 e. The van der Waals surface area contributed by atoms with Crippen molar-refractivity contribution in [2.45, 2.75) is 31.9 Å². The van der Waals surface area contributed by atoms with E-state index in [0.717, 1.165) is 41.9 Å². The Labute approximate surface area is 177 Å². The van der Waals surface area contributed by atoms with Crippen LogP contribution in [0.3, 0.4) is 0 Å². The van der Waals surface area contributed by atoms with Crippen LogP contribution >= 0.6 is 0 Å². The van der Waals surface area contributed by atoms with Crippen molar-refractivity contribution in [3.8, 4) is 16.9 Å². The summed E-state index contributed by atoms with van der Waals surface area (Å²) < 4.78 is 11.3. The summed E-state index contributed by atoms with van der Waals surface area (Å²) in [7, 11) is 0. The van der Waals surface area contributed by atoms with Gasteiger partial charge in [-0.25, -0.2) is 0 Å². The average Bonchev–Trinajstić information content (AvgIpc) is 3.32. The van der Waals surface area contributed by atoms with E-state index in [2.05, 4.69) is 29.6 Å². The Morgan fingerprint density at radius 2 is 1.60 bits per heavy atom. The second-order valence-corrected chi connectivity index (χ2v) is 7.61. The number of hydrogen-bond acceptors (Lipinski definition) is 3. The van der Waals surface area contributed by atoms with Crippen molar-refractivity contribution in [2.75, 3.05) is 13.2 Å². The molecular formula is C26H27NO3. The Bertz CT molecular complexity index is 930. The van der Waals surface area contributed by atoms with E-state index in [4.69, 9.17) is 9.47 Å². The minimum atomic E-state index is 0.0150. The zero-order valence-electron chi connectivity index (χ0n) is 17.1. The summed E-state index contributed by atoms with van der Waals surface area (Å²) in [6.07, 6.45) is 2.77. The molecule has 4 rings (SSSR count). The summed E-state index contributed by atoms with van der Waals surface area (Å²) in [6.45, 7) is 1.94. The fourth-order valence-electron chi connectivity index (χ4n) is 3.56. The van der Waals surface area contributed by atoms with Crippen LogP contribution in [0, 0.1) is 0 Å². The van der Waals surface area contributed by atoms with E-state index in [1.165, 1.54) is 5.56 Å². The molecule has 1 atom stereocenters. The maximum absolute atomic E-state index is 12.3. The molecule has 1 unspecified atom stereocenters. The van der Waals surface area contributed by atoms with Gasteiger partial charge in [0.15, 0.2) is 0 Å². The summed E-state index contributed by atoms with van der Waals surface area (Å²) in [6, 6.07) is 26.2. The van der Waals surface area contributed by atoms with Crippen LogP contribution in [0.2, 0.25) is 0 Å². The molecule has 1 fully saturated rings. The fourth-order valence-corrected chi connectivity index (χ4v) is 3.56. The minimum absolute atomic E-state index is 0.0150. The Hall–Kier alpha value is -3.11. The van der Waals surface area contributed by atoms with Gasteiger partial charge >= 0.3 is 0 Å². The van der Waals surface area contributed by atoms with Crippen LogP contribution in [0.4, 0.5) is 0 Å². The van der Waals surface area contributed by atoms with Crippen molar-refractivity contribution >= 4 is 5.91 Å². The molecule has 30 heavy (non-hydrogen) atoms. The van der Waals surface area contributed by atoms with Crippen molar-refractivity contribution in [1.82, 2.24) is 5.32 Å². The molecule has 0 radical (unpaired) electrons. The van der Waals surface area contributed by atoms with Gasteiger partial charge in [0.25, 0.3) is 0 Å². The maximum Gasteiger partial charge on any atom is 0.224 e. The van der Waals surface area contributed by atoms with E-state index in [1.807, 2.05) is 54.6 Å². The lowest BCUT2D eigenvalue weighted by Crippen LogP contribution is -2.24. The van der Waals surface area contributed by atoms with Gasteiger partial charge in [-0.05, 0) is 47.2 Å². The standard InChI is InChI=1S/C26H27NO3/c28-26(17-20-8-12-23(13-9-20)22-5-2-1-3-6-22)27-18-21-10-14-24(15-11-21)30-19-25-7-4-16-29-25/h1-3,5-6,8-15,25H,4,7,16-19H2,(H,27,28). The molecule has 3 aromatic rings. The van der Waals surface area contributed by atoms with Gasteiger partial charge in [0, 0.05) is 13.2 Å². The van der Waals surface area contributed by atoms with Crippen LogP contribution in [-0.2, 0) is 22.5 Å². The van der Waals surface area contributed by atoms with E-state index in [1.54, 1.807) is 0 Å². The van der Waals surface area contributed by atoms with Crippen molar-refractivity contribution in [2.24, 2.45) is 0 Å². The van der Waals surface area contributed by atoms with Gasteiger partial charge in [0.05, 0.1) is 12.5 Å². The SMILES string of the molecule is O=C(Cc1ccc(-c2ccccc2)cc1)NCc1ccc(OCC2CCCO2)cc1. The molecule has 1 N–H and O–H groups in total. The first kappa shape index (κ1) is 20.2. The molecule has 0 spiro atoms. The van der Waals surface area contributed by atoms with Crippen LogP contribution in [0.25, 0.3) is 11.1 Å². The van der Waals surface area contributed by atoms with Gasteiger partial charge in [0.2, 0.25) is 5.91 Å². The topological polar surface area (TPSA) is 47.6 Å². The van der Waals surface area contributed by atoms with E-state index in [-0.39, 0.29) is 12.0 Å². The molecule has 0 aromatic heterocycles. The fraction of sp³-hybridized carbons (Fsp3) is 0.269. The van der Waals surface area contributed by atoms with Gasteiger partial charge in [0.1, 0.15) is 12.4 Å². The summed E-state index contributed by atoms with van der Waals surface area (Å²) >= 11 is 0. The Balaban J connectivity index is 1.22. The molecule has 1 aliphatic heterocycles. The van der Waals surface area contributed by atoms with Crippen LogP contribution in [0.1, 0.15) is 24.0 Å². The van der Waals surface area contributed by atoms with Crippen molar-refractivity contribution in [3.63, 3.8) is 0 Å². The number of hydrogen-bond donors (Lipinski definition) is 1. The van der Waals surface area contributed by atoms with Gasteiger partial charge in [-0.3, -0.25) is 4.79 Å². The first-order valence-electron chi connectivity index (χ1n) is 10.5. The number of carbonyl (C=O) groups is 1. The number of amides is 1. The zero-order chi connectivity index (χ0) is 20.6. The predicted molar refractivity (Wildman–Crippen MR) is 118 cm³/mol. The van der Waals surface area contributed by atoms with E-state index in [0.29, 0.717) is 19.6 Å². The third-order valence-electron chi connectivity index (χ3n) is 5.30. The van der Waals surface area contributed by atoms with Gasteiger partial charge < -0.3 is 14.8 Å². The lowest BCUT2D eigenvalue weighted by atomic mass is 10.0. The van der Waals surface area contributed by atoms with Crippen LogP contribution in [-0.4, -0.2) is 25.2 Å². The third-order valence-corrected chi connectivity index (χ3v) is 5.30. The van der Waals surface area contributed by atoms with Crippen molar-refractivity contribution in [1.29, 1.82) is 0 Å². The number of ether oxygens (including phenoxy) is 2. The number of benzene rings is 3. The lowest BCUT2D eigenvalue weighted by molar-refractivity contribution is -0.120. The molecule has 4 heteroatoms. The van der Waals surface area contributed by atoms with Crippen LogP contribution < -0.4 is 10.1 Å². The monoisotopic (exact) mass is 401 g/mol. The third kappa shape index (κ3) is 5.71. The van der Waals surface area contributed by atoms with E-state index >= 15 is 0 Å². The summed E-state index contributed by atoms with van der Waals surface area (Å²) in [4.78, 5) is 12.3. The predicted octanol–water partition coefficient (Wildman–Crippen LogP) is 4.77. The second kappa shape index (κ2) is 10.1. The number of carbonyl (C=O) groups excluding carboxylic acids is 1. The lowest BCUT2D eigenvalue weighted by Gasteiger charge is -2.12. The van der Waals surface area contributed by atoms with E-state index < -0.39 is 0 Å². The summed E-state index contributed by atoms with van der Waals surface area (Å²) in [5, 5.41) is 2.99. The highest BCUT2D eigenvalue weighted by Gasteiger charge is 2.15. The smallest absolute Gasteiger partial charge is 0.224 e. The van der Waals surface area contributed by atoms with Gasteiger partial charge in [-0.1, -0.05) is 66.7 Å². The molecule has 1 amide bonds. The summed E-state index contributed by atoms with van der Waals surface area (Å²) in [5.41, 5.74) is 4.38. The highest BCUT2D eigenvalue weighted by atomic mass is 16.5. The molecule has 1 aliphatic rings. The van der Waals surface area contributed by atoms with Crippen molar-refractivity contribution in [3.05, 3.63) is 90.0 Å². The zero-order valence-corrected chi connectivity index (χ0v) is 17.1. The first-order valence-corrected chi connectivity index (χ1v) is 10.5. The quantitative estimate of drug-likeness (QED) is 0.591.